The first kappa shape index (κ1) is 9.50. The molecule has 0 aromatic heterocycles. The maximum Gasteiger partial charge on any atom is 0.0410 e. The van der Waals surface area contributed by atoms with Gasteiger partial charge in [-0.05, 0) is 36.6 Å². The molecule has 1 saturated carbocycles. The third-order valence-electron chi connectivity index (χ3n) is 2.17. The van der Waals surface area contributed by atoms with Crippen LogP contribution in [0.25, 0.3) is 0 Å². The number of hydrogen-bond acceptors (Lipinski definition) is 1. The summed E-state index contributed by atoms with van der Waals surface area (Å²) in [7, 11) is 0. The third kappa shape index (κ3) is 2.70. The molecule has 1 fully saturated rings. The van der Waals surface area contributed by atoms with Gasteiger partial charge in [0.05, 0.1) is 0 Å². The van der Waals surface area contributed by atoms with E-state index in [1.54, 1.807) is 0 Å². The Morgan fingerprint density at radius 1 is 1.46 bits per heavy atom. The minimum atomic E-state index is 0.742. The van der Waals surface area contributed by atoms with Crippen molar-refractivity contribution < 1.29 is 0 Å². The summed E-state index contributed by atoms with van der Waals surface area (Å²) in [6.45, 7) is 0.909. The number of halogens is 2. The van der Waals surface area contributed by atoms with Crippen molar-refractivity contribution in [2.75, 3.05) is 0 Å². The van der Waals surface area contributed by atoms with E-state index in [9.17, 15) is 0 Å². The zero-order valence-electron chi connectivity index (χ0n) is 7.19. The molecule has 0 atom stereocenters. The van der Waals surface area contributed by atoms with Crippen LogP contribution in [0.2, 0.25) is 5.02 Å². The van der Waals surface area contributed by atoms with Crippen molar-refractivity contribution in [2.45, 2.75) is 25.4 Å². The lowest BCUT2D eigenvalue weighted by Crippen LogP contribution is -2.15. The summed E-state index contributed by atoms with van der Waals surface area (Å²) in [6, 6.07) is 6.63. The molecule has 0 bridgehead atoms. The lowest BCUT2D eigenvalue weighted by Gasteiger charge is -2.05. The fourth-order valence-electron chi connectivity index (χ4n) is 1.22. The first-order chi connectivity index (χ1) is 6.25. The van der Waals surface area contributed by atoms with Crippen molar-refractivity contribution in [3.63, 3.8) is 0 Å². The van der Waals surface area contributed by atoms with E-state index in [0.29, 0.717) is 0 Å². The van der Waals surface area contributed by atoms with Gasteiger partial charge in [-0.2, -0.15) is 0 Å². The van der Waals surface area contributed by atoms with E-state index >= 15 is 0 Å². The Morgan fingerprint density at radius 3 is 2.92 bits per heavy atom. The van der Waals surface area contributed by atoms with Gasteiger partial charge in [-0.15, -0.1) is 0 Å². The van der Waals surface area contributed by atoms with E-state index in [4.69, 9.17) is 11.6 Å². The van der Waals surface area contributed by atoms with Crippen LogP contribution in [0, 0.1) is 0 Å². The summed E-state index contributed by atoms with van der Waals surface area (Å²) in [4.78, 5) is 0. The molecule has 0 spiro atoms. The Morgan fingerprint density at radius 2 is 2.23 bits per heavy atom. The van der Waals surface area contributed by atoms with Crippen LogP contribution in [0.1, 0.15) is 18.4 Å². The summed E-state index contributed by atoms with van der Waals surface area (Å²) >= 11 is 9.40. The molecule has 1 aromatic rings. The Kier molecular flexibility index (Phi) is 2.92. The van der Waals surface area contributed by atoms with E-state index in [2.05, 4.69) is 21.2 Å². The normalized spacial score (nSPS) is 16.2. The van der Waals surface area contributed by atoms with Crippen LogP contribution in [0.5, 0.6) is 0 Å². The van der Waals surface area contributed by atoms with Crippen LogP contribution in [0.4, 0.5) is 0 Å². The Labute approximate surface area is 91.6 Å². The van der Waals surface area contributed by atoms with Crippen LogP contribution >= 0.6 is 27.5 Å². The smallest absolute Gasteiger partial charge is 0.0410 e. The minimum Gasteiger partial charge on any atom is -0.310 e. The van der Waals surface area contributed by atoms with Gasteiger partial charge in [0, 0.05) is 22.1 Å². The fraction of sp³-hybridized carbons (Fsp3) is 0.400. The molecule has 0 amide bonds. The zero-order chi connectivity index (χ0) is 9.26. The summed E-state index contributed by atoms with van der Waals surface area (Å²) in [6.07, 6.45) is 2.64. The monoisotopic (exact) mass is 259 g/mol. The predicted octanol–water partition coefficient (Wildman–Crippen LogP) is 3.35. The molecule has 70 valence electrons. The maximum atomic E-state index is 5.90. The van der Waals surface area contributed by atoms with Crippen LogP contribution in [-0.2, 0) is 6.54 Å². The topological polar surface area (TPSA) is 12.0 Å². The Balaban J connectivity index is 2.03. The Bertz CT molecular complexity index is 310. The largest absolute Gasteiger partial charge is 0.310 e. The van der Waals surface area contributed by atoms with Crippen molar-refractivity contribution >= 4 is 27.5 Å². The molecule has 1 aliphatic carbocycles. The van der Waals surface area contributed by atoms with Gasteiger partial charge in [0.2, 0.25) is 0 Å². The van der Waals surface area contributed by atoms with Crippen molar-refractivity contribution in [1.82, 2.24) is 5.32 Å². The van der Waals surface area contributed by atoms with Gasteiger partial charge in [0.1, 0.15) is 0 Å². The van der Waals surface area contributed by atoms with E-state index < -0.39 is 0 Å². The highest BCUT2D eigenvalue weighted by molar-refractivity contribution is 9.10. The summed E-state index contributed by atoms with van der Waals surface area (Å²) in [5.74, 6) is 0. The SMILES string of the molecule is Clc1ccc(Br)c(CNC2CC2)c1. The molecule has 0 saturated heterocycles. The molecule has 3 heteroatoms. The van der Waals surface area contributed by atoms with Gasteiger partial charge >= 0.3 is 0 Å². The molecular weight excluding hydrogens is 249 g/mol. The molecule has 2 rings (SSSR count). The highest BCUT2D eigenvalue weighted by Gasteiger charge is 2.20. The molecular formula is C10H11BrClN. The average Bonchev–Trinajstić information content (AvgIpc) is 2.90. The Hall–Kier alpha value is -0.0500. The van der Waals surface area contributed by atoms with Gasteiger partial charge in [-0.1, -0.05) is 27.5 Å². The quantitative estimate of drug-likeness (QED) is 0.879. The lowest BCUT2D eigenvalue weighted by atomic mass is 10.2. The van der Waals surface area contributed by atoms with E-state index in [-0.39, 0.29) is 0 Å². The molecule has 0 unspecified atom stereocenters. The molecule has 1 aromatic carbocycles. The van der Waals surface area contributed by atoms with E-state index in [1.165, 1.54) is 18.4 Å². The minimum absolute atomic E-state index is 0.742. The van der Waals surface area contributed by atoms with Crippen LogP contribution < -0.4 is 5.32 Å². The fourth-order valence-corrected chi connectivity index (χ4v) is 1.80. The van der Waals surface area contributed by atoms with Gasteiger partial charge in [-0.3, -0.25) is 0 Å². The number of rotatable bonds is 3. The summed E-state index contributed by atoms with van der Waals surface area (Å²) in [5.41, 5.74) is 1.24. The number of benzene rings is 1. The van der Waals surface area contributed by atoms with Crippen molar-refractivity contribution in [1.29, 1.82) is 0 Å². The van der Waals surface area contributed by atoms with Gasteiger partial charge in [-0.25, -0.2) is 0 Å². The first-order valence-electron chi connectivity index (χ1n) is 4.43. The highest BCUT2D eigenvalue weighted by Crippen LogP contribution is 2.23. The zero-order valence-corrected chi connectivity index (χ0v) is 9.53. The van der Waals surface area contributed by atoms with E-state index in [1.807, 2.05) is 18.2 Å². The molecule has 13 heavy (non-hydrogen) atoms. The van der Waals surface area contributed by atoms with Crippen molar-refractivity contribution in [3.05, 3.63) is 33.3 Å². The van der Waals surface area contributed by atoms with Crippen LogP contribution in [-0.4, -0.2) is 6.04 Å². The first-order valence-corrected chi connectivity index (χ1v) is 5.60. The summed E-state index contributed by atoms with van der Waals surface area (Å²) < 4.78 is 1.13. The summed E-state index contributed by atoms with van der Waals surface area (Å²) in [5, 5.41) is 4.25. The standard InChI is InChI=1S/C10H11BrClN/c11-10-4-1-8(12)5-7(10)6-13-9-2-3-9/h1,4-5,9,13H,2-3,6H2. The third-order valence-corrected chi connectivity index (χ3v) is 3.18. The van der Waals surface area contributed by atoms with Gasteiger partial charge in [0.15, 0.2) is 0 Å². The van der Waals surface area contributed by atoms with E-state index in [0.717, 1.165) is 22.1 Å². The lowest BCUT2D eigenvalue weighted by molar-refractivity contribution is 0.686. The molecule has 1 N–H and O–H groups in total. The number of nitrogens with one attached hydrogen (secondary N) is 1. The second kappa shape index (κ2) is 3.99. The molecule has 1 aliphatic rings. The van der Waals surface area contributed by atoms with Crippen molar-refractivity contribution in [3.8, 4) is 0 Å². The van der Waals surface area contributed by atoms with Crippen LogP contribution in [0.15, 0.2) is 22.7 Å². The molecule has 1 nitrogen and oxygen atoms in total. The van der Waals surface area contributed by atoms with Gasteiger partial charge in [0.25, 0.3) is 0 Å². The molecule has 0 aliphatic heterocycles. The van der Waals surface area contributed by atoms with Crippen LogP contribution in [0.3, 0.4) is 0 Å². The van der Waals surface area contributed by atoms with Gasteiger partial charge < -0.3 is 5.32 Å². The predicted molar refractivity (Wildman–Crippen MR) is 59.0 cm³/mol. The second-order valence-electron chi connectivity index (χ2n) is 3.39. The molecule has 0 heterocycles. The average molecular weight is 261 g/mol. The number of hydrogen-bond donors (Lipinski definition) is 1. The highest BCUT2D eigenvalue weighted by atomic mass is 79.9. The molecule has 0 radical (unpaired) electrons. The maximum absolute atomic E-state index is 5.90. The van der Waals surface area contributed by atoms with Crippen molar-refractivity contribution in [2.24, 2.45) is 0 Å². The second-order valence-corrected chi connectivity index (χ2v) is 4.68.